The predicted molar refractivity (Wildman–Crippen MR) is 281 cm³/mol. The number of carboxylic acid groups (broad SMARTS) is 1. The maximum absolute atomic E-state index is 12.2. The Morgan fingerprint density at radius 1 is 0.565 bits per heavy atom. The molecule has 3 aliphatic rings. The molecule has 3 heterocycles. The van der Waals surface area contributed by atoms with Gasteiger partial charge in [0.2, 0.25) is 5.91 Å². The molecule has 9 aromatic rings. The van der Waals surface area contributed by atoms with Gasteiger partial charge < -0.3 is 29.7 Å². The first-order valence-corrected chi connectivity index (χ1v) is 25.6. The second kappa shape index (κ2) is 20.5. The number of hydrogen-bond donors (Lipinski definition) is 3. The highest BCUT2D eigenvalue weighted by Gasteiger charge is 2.64. The van der Waals surface area contributed by atoms with Gasteiger partial charge in [0.05, 0.1) is 12.5 Å². The van der Waals surface area contributed by atoms with E-state index in [4.69, 9.17) is 14.2 Å². The van der Waals surface area contributed by atoms with E-state index in [0.717, 1.165) is 66.8 Å². The number of aliphatic carboxylic acids is 1. The second-order valence-corrected chi connectivity index (χ2v) is 20.1. The fourth-order valence-electron chi connectivity index (χ4n) is 9.12. The van der Waals surface area contributed by atoms with Crippen molar-refractivity contribution >= 4 is 78.2 Å². The van der Waals surface area contributed by atoms with E-state index in [1.165, 1.54) is 10.3 Å². The summed E-state index contributed by atoms with van der Waals surface area (Å²) >= 11 is 4.89. The van der Waals surface area contributed by atoms with Crippen LogP contribution in [0.25, 0.3) is 32.3 Å². The maximum atomic E-state index is 12.2. The van der Waals surface area contributed by atoms with Crippen molar-refractivity contribution in [2.45, 2.75) is 43.0 Å². The van der Waals surface area contributed by atoms with Gasteiger partial charge in [-0.15, -0.1) is 40.6 Å². The lowest BCUT2D eigenvalue weighted by Gasteiger charge is -2.20. The van der Waals surface area contributed by atoms with E-state index < -0.39 is 23.1 Å². The predicted octanol–water partition coefficient (Wildman–Crippen LogP) is 13.6. The quantitative estimate of drug-likeness (QED) is 0.104. The Hall–Kier alpha value is -6.76. The monoisotopic (exact) mass is 971 g/mol. The van der Waals surface area contributed by atoms with Gasteiger partial charge in [-0.05, 0) is 75.6 Å². The molecule has 0 spiro atoms. The molecule has 3 fully saturated rings. The van der Waals surface area contributed by atoms with Crippen molar-refractivity contribution in [3.8, 4) is 17.2 Å². The van der Waals surface area contributed by atoms with Crippen molar-refractivity contribution in [2.24, 2.45) is 17.8 Å². The average molecular weight is 972 g/mol. The van der Waals surface area contributed by atoms with Gasteiger partial charge >= 0.3 is 5.97 Å². The zero-order valence-corrected chi connectivity index (χ0v) is 40.8. The van der Waals surface area contributed by atoms with Crippen molar-refractivity contribution in [3.63, 3.8) is 0 Å². The lowest BCUT2D eigenvalue weighted by Crippen LogP contribution is -2.28. The molecule has 12 rings (SSSR count). The van der Waals surface area contributed by atoms with Crippen molar-refractivity contribution in [1.82, 2.24) is 5.32 Å². The van der Waals surface area contributed by atoms with Crippen LogP contribution in [0.2, 0.25) is 0 Å². The van der Waals surface area contributed by atoms with E-state index in [9.17, 15) is 19.8 Å². The molecule has 11 heteroatoms. The SMILES string of the molecule is C=CC.CNC(=O)[C@H]1C[C@]1(Oc1cccc2ccccc12)c1cccs1.O=C(O)[C@H]1C[C@]1(Oc1cccc2ccccc12)c1cccs1.OC[C@H]1C[C@]1(Oc1cccc2ccccc12)c1cccs1. The molecule has 1 amide bonds. The zero-order chi connectivity index (χ0) is 48.0. The number of rotatable bonds is 12. The number of carbonyl (C=O) groups excluding carboxylic acids is 1. The molecule has 3 aliphatic carbocycles. The lowest BCUT2D eigenvalue weighted by molar-refractivity contribution is -0.140. The molecule has 69 heavy (non-hydrogen) atoms. The van der Waals surface area contributed by atoms with Gasteiger partial charge in [0, 0.05) is 63.0 Å². The van der Waals surface area contributed by atoms with Crippen LogP contribution in [0.3, 0.4) is 0 Å². The summed E-state index contributed by atoms with van der Waals surface area (Å²) in [6, 6.07) is 54.6. The third-order valence-electron chi connectivity index (χ3n) is 12.9. The number of carboxylic acids is 1. The van der Waals surface area contributed by atoms with Crippen LogP contribution in [-0.2, 0) is 26.4 Å². The fourth-order valence-corrected chi connectivity index (χ4v) is 11.9. The molecule has 3 aromatic heterocycles. The van der Waals surface area contributed by atoms with E-state index in [2.05, 4.69) is 65.8 Å². The van der Waals surface area contributed by atoms with Gasteiger partial charge in [0.1, 0.15) is 28.8 Å². The van der Waals surface area contributed by atoms with Gasteiger partial charge in [-0.3, -0.25) is 9.59 Å². The minimum Gasteiger partial charge on any atom is -0.481 e. The average Bonchev–Trinajstić information content (AvgIpc) is 4.16. The van der Waals surface area contributed by atoms with Crippen LogP contribution in [0.1, 0.15) is 40.8 Å². The molecular weight excluding hydrogens is 919 g/mol. The van der Waals surface area contributed by atoms with Crippen LogP contribution in [0.4, 0.5) is 0 Å². The molecule has 0 unspecified atom stereocenters. The fraction of sp³-hybridized carbons (Fsp3) is 0.207. The zero-order valence-electron chi connectivity index (χ0n) is 38.3. The number of hydrogen-bond acceptors (Lipinski definition) is 9. The number of amides is 1. The molecule has 0 saturated heterocycles. The molecule has 6 atom stereocenters. The number of fused-ring (bicyclic) bond motifs is 3. The third kappa shape index (κ3) is 9.65. The molecule has 350 valence electrons. The Morgan fingerprint density at radius 3 is 1.28 bits per heavy atom. The van der Waals surface area contributed by atoms with Crippen molar-refractivity contribution in [1.29, 1.82) is 0 Å². The topological polar surface area (TPSA) is 114 Å². The summed E-state index contributed by atoms with van der Waals surface area (Å²) in [5, 5.41) is 34.4. The van der Waals surface area contributed by atoms with Crippen LogP contribution in [0.5, 0.6) is 17.2 Å². The van der Waals surface area contributed by atoms with Gasteiger partial charge in [0.15, 0.2) is 11.2 Å². The van der Waals surface area contributed by atoms with Gasteiger partial charge in [0.25, 0.3) is 0 Å². The highest BCUT2D eigenvalue weighted by Crippen LogP contribution is 2.59. The number of nitrogens with one attached hydrogen (secondary N) is 1. The van der Waals surface area contributed by atoms with Crippen LogP contribution in [0, 0.1) is 17.8 Å². The maximum Gasteiger partial charge on any atom is 0.311 e. The number of aliphatic hydroxyl groups excluding tert-OH is 1. The Kier molecular flexibility index (Phi) is 14.0. The van der Waals surface area contributed by atoms with Crippen molar-refractivity contribution in [2.75, 3.05) is 13.7 Å². The molecule has 6 aromatic carbocycles. The lowest BCUT2D eigenvalue weighted by atomic mass is 10.1. The van der Waals surface area contributed by atoms with E-state index in [-0.39, 0.29) is 30.0 Å². The molecule has 3 saturated carbocycles. The second-order valence-electron chi connectivity index (χ2n) is 17.3. The van der Waals surface area contributed by atoms with E-state index in [0.29, 0.717) is 6.42 Å². The van der Waals surface area contributed by atoms with Crippen molar-refractivity contribution < 1.29 is 34.0 Å². The first-order chi connectivity index (χ1) is 33.7. The molecule has 0 radical (unpaired) electrons. The van der Waals surface area contributed by atoms with Crippen LogP contribution in [0.15, 0.2) is 193 Å². The largest absolute Gasteiger partial charge is 0.481 e. The molecule has 3 N–H and O–H groups in total. The Bertz CT molecular complexity index is 3170. The highest BCUT2D eigenvalue weighted by atomic mass is 32.1. The van der Waals surface area contributed by atoms with E-state index in [1.807, 2.05) is 133 Å². The summed E-state index contributed by atoms with van der Waals surface area (Å²) in [5.41, 5.74) is -1.59. The molecular formula is C58H53NO7S3. The standard InChI is InChI=1S/C19H17NO2S.C18H14O3S.C18H16O2S.C3H6/c1-20-18(21)15-12-19(15,17-10-5-11-23-17)22-16-9-4-7-13-6-2-3-8-14(13)16;19-17(20)14-11-18(14,16-9-4-10-22-16)21-15-8-3-6-12-5-1-2-7-13(12)15;19-12-14-11-18(14,17-9-4-10-21-17)20-16-8-3-6-13-5-1-2-7-15(13)16;1-3-2/h2-11,15H,12H2,1H3,(H,20,21);1-10,14H,11H2,(H,19,20);1-10,14,19H,11-12H2;3H,1H2,2H3/t15-,19-;2*14-,18-;/m111./s1. The van der Waals surface area contributed by atoms with Gasteiger partial charge in [-0.25, -0.2) is 0 Å². The highest BCUT2D eigenvalue weighted by molar-refractivity contribution is 7.10. The minimum atomic E-state index is -0.798. The summed E-state index contributed by atoms with van der Waals surface area (Å²) in [5.74, 6) is 1.30. The van der Waals surface area contributed by atoms with Crippen molar-refractivity contribution in [3.05, 3.63) is 207 Å². The Morgan fingerprint density at radius 2 is 0.928 bits per heavy atom. The third-order valence-corrected chi connectivity index (χ3v) is 16.0. The smallest absolute Gasteiger partial charge is 0.311 e. The van der Waals surface area contributed by atoms with Gasteiger partial charge in [-0.2, -0.15) is 0 Å². The van der Waals surface area contributed by atoms with Crippen LogP contribution < -0.4 is 19.5 Å². The Labute approximate surface area is 414 Å². The normalized spacial score (nSPS) is 22.6. The number of allylic oxidation sites excluding steroid dienone is 1. The summed E-state index contributed by atoms with van der Waals surface area (Å²) in [6.45, 7) is 5.42. The number of benzene rings is 6. The summed E-state index contributed by atoms with van der Waals surface area (Å²) < 4.78 is 19.2. The van der Waals surface area contributed by atoms with E-state index >= 15 is 0 Å². The van der Waals surface area contributed by atoms with Crippen LogP contribution >= 0.6 is 34.0 Å². The molecule has 0 bridgehead atoms. The first kappa shape index (κ1) is 47.3. The molecule has 0 aliphatic heterocycles. The van der Waals surface area contributed by atoms with Crippen LogP contribution in [-0.4, -0.2) is 35.7 Å². The summed E-state index contributed by atoms with van der Waals surface area (Å²) in [7, 11) is 1.68. The Balaban J connectivity index is 0.000000125. The number of ether oxygens (including phenoxy) is 3. The first-order valence-electron chi connectivity index (χ1n) is 22.9. The van der Waals surface area contributed by atoms with E-state index in [1.54, 1.807) is 47.1 Å². The van der Waals surface area contributed by atoms with Gasteiger partial charge in [-0.1, -0.05) is 133 Å². The number of carbonyl (C=O) groups is 2. The minimum absolute atomic E-state index is 0.0404. The summed E-state index contributed by atoms with van der Waals surface area (Å²) in [4.78, 5) is 26.9. The summed E-state index contributed by atoms with van der Waals surface area (Å²) in [6.07, 6.45) is 3.87. The number of aliphatic hydroxyl groups is 1. The molecule has 8 nitrogen and oxygen atoms in total. The number of thiophene rings is 3.